The van der Waals surface area contributed by atoms with Gasteiger partial charge in [0.05, 0.1) is 14.2 Å². The van der Waals surface area contributed by atoms with Gasteiger partial charge in [-0.05, 0) is 30.7 Å². The number of nitrogens with one attached hydrogen (secondary N) is 1. The first-order chi connectivity index (χ1) is 10.1. The summed E-state index contributed by atoms with van der Waals surface area (Å²) in [7, 11) is 3.17. The van der Waals surface area contributed by atoms with Crippen LogP contribution >= 0.6 is 0 Å². The van der Waals surface area contributed by atoms with Crippen molar-refractivity contribution in [2.24, 2.45) is 0 Å². The zero-order chi connectivity index (χ0) is 15.2. The normalized spacial score (nSPS) is 12.0. The third kappa shape index (κ3) is 3.95. The van der Waals surface area contributed by atoms with Crippen molar-refractivity contribution in [2.75, 3.05) is 14.2 Å². The molecule has 0 unspecified atom stereocenters. The van der Waals surface area contributed by atoms with Crippen molar-refractivity contribution in [2.45, 2.75) is 19.5 Å². The molecule has 0 aliphatic rings. The van der Waals surface area contributed by atoms with Crippen molar-refractivity contribution in [3.8, 4) is 11.5 Å². The van der Waals surface area contributed by atoms with Gasteiger partial charge >= 0.3 is 0 Å². The number of rotatable bonds is 6. The van der Waals surface area contributed by atoms with Gasteiger partial charge in [-0.2, -0.15) is 0 Å². The molecule has 0 aliphatic carbocycles. The molecule has 0 saturated carbocycles. The molecule has 0 saturated heterocycles. The van der Waals surface area contributed by atoms with Gasteiger partial charge < -0.3 is 14.8 Å². The van der Waals surface area contributed by atoms with Crippen LogP contribution in [0.2, 0.25) is 0 Å². The van der Waals surface area contributed by atoms with Gasteiger partial charge in [-0.15, -0.1) is 0 Å². The minimum atomic E-state index is -0.260. The maximum Gasteiger partial charge on any atom is 0.131 e. The average molecular weight is 289 g/mol. The van der Waals surface area contributed by atoms with Crippen LogP contribution < -0.4 is 14.8 Å². The van der Waals surface area contributed by atoms with E-state index in [0.717, 1.165) is 11.3 Å². The maximum absolute atomic E-state index is 13.9. The Bertz CT molecular complexity index is 584. The quantitative estimate of drug-likeness (QED) is 0.879. The van der Waals surface area contributed by atoms with Gasteiger partial charge in [0.25, 0.3) is 0 Å². The van der Waals surface area contributed by atoms with Crippen LogP contribution in [0.5, 0.6) is 11.5 Å². The van der Waals surface area contributed by atoms with Gasteiger partial charge in [0.15, 0.2) is 0 Å². The molecule has 2 rings (SSSR count). The molecule has 4 heteroatoms. The lowest BCUT2D eigenvalue weighted by Gasteiger charge is -2.15. The van der Waals surface area contributed by atoms with Crippen LogP contribution in [0.15, 0.2) is 42.5 Å². The lowest BCUT2D eigenvalue weighted by atomic mass is 10.1. The smallest absolute Gasteiger partial charge is 0.131 e. The first-order valence-corrected chi connectivity index (χ1v) is 6.83. The Balaban J connectivity index is 1.98. The maximum atomic E-state index is 13.9. The van der Waals surface area contributed by atoms with E-state index in [0.29, 0.717) is 17.9 Å². The number of benzene rings is 2. The molecule has 0 aliphatic heterocycles. The summed E-state index contributed by atoms with van der Waals surface area (Å²) in [6.07, 6.45) is 0. The molecular formula is C17H20FNO2. The number of hydrogen-bond donors (Lipinski definition) is 1. The summed E-state index contributed by atoms with van der Waals surface area (Å²) in [5.74, 6) is 1.09. The van der Waals surface area contributed by atoms with Crippen molar-refractivity contribution < 1.29 is 13.9 Å². The fourth-order valence-corrected chi connectivity index (χ4v) is 2.07. The molecule has 0 spiro atoms. The van der Waals surface area contributed by atoms with E-state index in [4.69, 9.17) is 9.47 Å². The summed E-state index contributed by atoms with van der Waals surface area (Å²) < 4.78 is 24.0. The van der Waals surface area contributed by atoms with Crippen molar-refractivity contribution in [3.05, 3.63) is 59.4 Å². The summed E-state index contributed by atoms with van der Waals surface area (Å²) >= 11 is 0. The minimum absolute atomic E-state index is 0.123. The lowest BCUT2D eigenvalue weighted by molar-refractivity contribution is 0.410. The summed E-state index contributed by atoms with van der Waals surface area (Å²) in [5, 5.41) is 3.31. The van der Waals surface area contributed by atoms with Gasteiger partial charge in [0.1, 0.15) is 17.3 Å². The molecule has 0 radical (unpaired) electrons. The van der Waals surface area contributed by atoms with E-state index < -0.39 is 0 Å². The molecule has 3 nitrogen and oxygen atoms in total. The Labute approximate surface area is 124 Å². The first kappa shape index (κ1) is 15.3. The highest BCUT2D eigenvalue weighted by molar-refractivity contribution is 5.30. The van der Waals surface area contributed by atoms with Crippen LogP contribution in [0, 0.1) is 5.82 Å². The molecule has 0 fully saturated rings. The highest BCUT2D eigenvalue weighted by atomic mass is 19.1. The number of methoxy groups -OCH3 is 2. The summed E-state index contributed by atoms with van der Waals surface area (Å²) in [6, 6.07) is 12.9. The summed E-state index contributed by atoms with van der Waals surface area (Å²) in [5.41, 5.74) is 1.75. The second-order valence-electron chi connectivity index (χ2n) is 4.83. The summed E-state index contributed by atoms with van der Waals surface area (Å²) in [4.78, 5) is 0. The van der Waals surface area contributed by atoms with Gasteiger partial charge in [0, 0.05) is 24.2 Å². The van der Waals surface area contributed by atoms with Gasteiger partial charge in [0.2, 0.25) is 0 Å². The SMILES string of the molecule is COc1ccc([C@H](C)NCc2ccc(OC)cc2F)cc1. The van der Waals surface area contributed by atoms with E-state index in [2.05, 4.69) is 5.32 Å². The Hall–Kier alpha value is -2.07. The number of halogens is 1. The molecule has 1 atom stereocenters. The zero-order valence-corrected chi connectivity index (χ0v) is 12.5. The van der Waals surface area contributed by atoms with E-state index in [1.807, 2.05) is 31.2 Å². The van der Waals surface area contributed by atoms with Crippen LogP contribution in [0.1, 0.15) is 24.1 Å². The number of ether oxygens (including phenoxy) is 2. The van der Waals surface area contributed by atoms with Crippen LogP contribution in [-0.2, 0) is 6.54 Å². The lowest BCUT2D eigenvalue weighted by Crippen LogP contribution is -2.18. The molecule has 112 valence electrons. The molecule has 0 amide bonds. The molecular weight excluding hydrogens is 269 g/mol. The van der Waals surface area contributed by atoms with E-state index in [9.17, 15) is 4.39 Å². The second-order valence-corrected chi connectivity index (χ2v) is 4.83. The predicted molar refractivity (Wildman–Crippen MR) is 81.2 cm³/mol. The Morgan fingerprint density at radius 2 is 1.62 bits per heavy atom. The van der Waals surface area contributed by atoms with E-state index in [-0.39, 0.29) is 11.9 Å². The average Bonchev–Trinajstić information content (AvgIpc) is 2.53. The molecule has 2 aromatic rings. The zero-order valence-electron chi connectivity index (χ0n) is 12.5. The fourth-order valence-electron chi connectivity index (χ4n) is 2.07. The monoisotopic (exact) mass is 289 g/mol. The molecule has 0 bridgehead atoms. The van der Waals surface area contributed by atoms with E-state index >= 15 is 0 Å². The standard InChI is InChI=1S/C17H20FNO2/c1-12(13-4-7-15(20-2)8-5-13)19-11-14-6-9-16(21-3)10-17(14)18/h4-10,12,19H,11H2,1-3H3/t12-/m0/s1. The van der Waals surface area contributed by atoms with Crippen molar-refractivity contribution in [1.29, 1.82) is 0 Å². The minimum Gasteiger partial charge on any atom is -0.497 e. The van der Waals surface area contributed by atoms with Crippen molar-refractivity contribution in [3.63, 3.8) is 0 Å². The molecule has 0 heterocycles. The van der Waals surface area contributed by atoms with Crippen LogP contribution in [0.3, 0.4) is 0 Å². The third-order valence-corrected chi connectivity index (χ3v) is 3.47. The highest BCUT2D eigenvalue weighted by Gasteiger charge is 2.08. The first-order valence-electron chi connectivity index (χ1n) is 6.83. The largest absolute Gasteiger partial charge is 0.497 e. The number of hydrogen-bond acceptors (Lipinski definition) is 3. The third-order valence-electron chi connectivity index (χ3n) is 3.47. The fraction of sp³-hybridized carbons (Fsp3) is 0.294. The molecule has 21 heavy (non-hydrogen) atoms. The second kappa shape index (κ2) is 7.09. The van der Waals surface area contributed by atoms with E-state index in [1.165, 1.54) is 13.2 Å². The van der Waals surface area contributed by atoms with Crippen molar-refractivity contribution in [1.82, 2.24) is 5.32 Å². The highest BCUT2D eigenvalue weighted by Crippen LogP contribution is 2.19. The van der Waals surface area contributed by atoms with E-state index in [1.54, 1.807) is 19.2 Å². The summed E-state index contributed by atoms with van der Waals surface area (Å²) in [6.45, 7) is 2.51. The van der Waals surface area contributed by atoms with Crippen molar-refractivity contribution >= 4 is 0 Å². The van der Waals surface area contributed by atoms with Crippen LogP contribution in [0.4, 0.5) is 4.39 Å². The van der Waals surface area contributed by atoms with Gasteiger partial charge in [-0.25, -0.2) is 4.39 Å². The van der Waals surface area contributed by atoms with Gasteiger partial charge in [-0.1, -0.05) is 18.2 Å². The molecule has 0 aromatic heterocycles. The Morgan fingerprint density at radius 1 is 1.00 bits per heavy atom. The molecule has 2 aromatic carbocycles. The molecule has 1 N–H and O–H groups in total. The van der Waals surface area contributed by atoms with Crippen LogP contribution in [0.25, 0.3) is 0 Å². The predicted octanol–water partition coefficient (Wildman–Crippen LogP) is 3.69. The topological polar surface area (TPSA) is 30.5 Å². The Kier molecular flexibility index (Phi) is 5.17. The Morgan fingerprint density at radius 3 is 2.19 bits per heavy atom. The van der Waals surface area contributed by atoms with Gasteiger partial charge in [-0.3, -0.25) is 0 Å². The van der Waals surface area contributed by atoms with Crippen LogP contribution in [-0.4, -0.2) is 14.2 Å².